The van der Waals surface area contributed by atoms with Gasteiger partial charge in [-0.05, 0) is 11.6 Å². The number of nitrogens with one attached hydrogen (secondary N) is 1. The molecule has 5 heteroatoms. The van der Waals surface area contributed by atoms with Crippen LogP contribution in [-0.4, -0.2) is 26.0 Å². The number of fused-ring (bicyclic) bond motifs is 1. The molecule has 2 aromatic heterocycles. The molecule has 0 aliphatic heterocycles. The van der Waals surface area contributed by atoms with Crippen LogP contribution in [0.25, 0.3) is 22.3 Å². The summed E-state index contributed by atoms with van der Waals surface area (Å²) in [6.07, 6.45) is 4.90. The van der Waals surface area contributed by atoms with Crippen molar-refractivity contribution in [1.82, 2.24) is 15.0 Å². The number of nitrogens with zero attached hydrogens (tertiary/aromatic N) is 2. The van der Waals surface area contributed by atoms with Crippen molar-refractivity contribution in [2.45, 2.75) is 6.42 Å². The van der Waals surface area contributed by atoms with Gasteiger partial charge in [0.2, 0.25) is 0 Å². The van der Waals surface area contributed by atoms with Gasteiger partial charge in [0, 0.05) is 35.1 Å². The van der Waals surface area contributed by atoms with Gasteiger partial charge < -0.3 is 10.1 Å². The molecule has 19 heavy (non-hydrogen) atoms. The van der Waals surface area contributed by atoms with Gasteiger partial charge in [-0.1, -0.05) is 18.2 Å². The molecule has 0 unspecified atom stereocenters. The van der Waals surface area contributed by atoms with Crippen LogP contribution in [0.3, 0.4) is 0 Å². The van der Waals surface area contributed by atoms with Gasteiger partial charge in [0.1, 0.15) is 0 Å². The molecule has 0 atom stereocenters. The number of carbonyl (C=O) groups is 1. The van der Waals surface area contributed by atoms with E-state index in [0.29, 0.717) is 11.4 Å². The summed E-state index contributed by atoms with van der Waals surface area (Å²) < 4.78 is 0. The van der Waals surface area contributed by atoms with E-state index in [0.717, 1.165) is 16.5 Å². The van der Waals surface area contributed by atoms with Crippen molar-refractivity contribution < 1.29 is 9.90 Å². The number of benzene rings is 1. The summed E-state index contributed by atoms with van der Waals surface area (Å²) in [6, 6.07) is 7.89. The highest BCUT2D eigenvalue weighted by molar-refractivity contribution is 5.93. The Morgan fingerprint density at radius 2 is 1.95 bits per heavy atom. The second-order valence-corrected chi connectivity index (χ2v) is 4.23. The lowest BCUT2D eigenvalue weighted by Gasteiger charge is -2.00. The number of hydrogen-bond acceptors (Lipinski definition) is 3. The van der Waals surface area contributed by atoms with E-state index in [2.05, 4.69) is 15.0 Å². The van der Waals surface area contributed by atoms with Crippen LogP contribution in [0.4, 0.5) is 0 Å². The summed E-state index contributed by atoms with van der Waals surface area (Å²) >= 11 is 0. The largest absolute Gasteiger partial charge is 0.481 e. The number of carboxylic acid groups (broad SMARTS) is 1. The minimum atomic E-state index is -0.886. The molecule has 0 radical (unpaired) electrons. The Morgan fingerprint density at radius 1 is 1.21 bits per heavy atom. The normalized spacial score (nSPS) is 10.7. The van der Waals surface area contributed by atoms with E-state index >= 15 is 0 Å². The average molecular weight is 253 g/mol. The number of rotatable bonds is 3. The highest BCUT2D eigenvalue weighted by atomic mass is 16.4. The number of para-hydroxylation sites is 1. The van der Waals surface area contributed by atoms with Crippen LogP contribution in [0, 0.1) is 0 Å². The summed E-state index contributed by atoms with van der Waals surface area (Å²) in [6.45, 7) is 0. The smallest absolute Gasteiger partial charge is 0.307 e. The molecule has 1 aromatic carbocycles. The van der Waals surface area contributed by atoms with E-state index < -0.39 is 5.97 Å². The zero-order chi connectivity index (χ0) is 13.2. The summed E-state index contributed by atoms with van der Waals surface area (Å²) in [7, 11) is 0. The molecule has 0 aliphatic carbocycles. The van der Waals surface area contributed by atoms with Crippen molar-refractivity contribution in [2.24, 2.45) is 0 Å². The second-order valence-electron chi connectivity index (χ2n) is 4.23. The van der Waals surface area contributed by atoms with Crippen LogP contribution in [0.1, 0.15) is 5.56 Å². The lowest BCUT2D eigenvalue weighted by atomic mass is 10.1. The van der Waals surface area contributed by atoms with Crippen LogP contribution < -0.4 is 0 Å². The third kappa shape index (κ3) is 2.18. The lowest BCUT2D eigenvalue weighted by Crippen LogP contribution is -2.01. The standard InChI is InChI=1S/C14H11N3O2/c18-13(19)5-9-6-16-14(17-7-9)11-8-15-12-4-2-1-3-10(11)12/h1-4,6-8,15H,5H2,(H,18,19). The third-order valence-corrected chi connectivity index (χ3v) is 2.89. The third-order valence-electron chi connectivity index (χ3n) is 2.89. The van der Waals surface area contributed by atoms with E-state index in [4.69, 9.17) is 5.11 Å². The number of hydrogen-bond donors (Lipinski definition) is 2. The summed E-state index contributed by atoms with van der Waals surface area (Å²) in [4.78, 5) is 22.2. The second kappa shape index (κ2) is 4.53. The van der Waals surface area contributed by atoms with Crippen molar-refractivity contribution >= 4 is 16.9 Å². The number of aromatic amines is 1. The first-order chi connectivity index (χ1) is 9.24. The first-order valence-electron chi connectivity index (χ1n) is 5.83. The predicted molar refractivity (Wildman–Crippen MR) is 70.7 cm³/mol. The van der Waals surface area contributed by atoms with Crippen LogP contribution in [-0.2, 0) is 11.2 Å². The van der Waals surface area contributed by atoms with Crippen molar-refractivity contribution in [2.75, 3.05) is 0 Å². The Labute approximate surface area is 109 Å². The SMILES string of the molecule is O=C(O)Cc1cnc(-c2c[nH]c3ccccc23)nc1. The van der Waals surface area contributed by atoms with Crippen LogP contribution in [0.5, 0.6) is 0 Å². The Bertz CT molecular complexity index is 732. The van der Waals surface area contributed by atoms with Crippen LogP contribution in [0.15, 0.2) is 42.9 Å². The monoisotopic (exact) mass is 253 g/mol. The number of H-pyrrole nitrogens is 1. The van der Waals surface area contributed by atoms with Gasteiger partial charge in [-0.15, -0.1) is 0 Å². The molecule has 94 valence electrons. The molecule has 0 amide bonds. The predicted octanol–water partition coefficient (Wildman–Crippen LogP) is 2.25. The maximum absolute atomic E-state index is 10.6. The number of carboxylic acids is 1. The van der Waals surface area contributed by atoms with Crippen molar-refractivity contribution in [3.63, 3.8) is 0 Å². The maximum atomic E-state index is 10.6. The first kappa shape index (κ1) is 11.4. The molecule has 3 rings (SSSR count). The van der Waals surface area contributed by atoms with E-state index in [9.17, 15) is 4.79 Å². The van der Waals surface area contributed by atoms with E-state index in [-0.39, 0.29) is 6.42 Å². The number of aromatic nitrogens is 3. The fourth-order valence-corrected chi connectivity index (χ4v) is 2.02. The van der Waals surface area contributed by atoms with Gasteiger partial charge in [-0.3, -0.25) is 4.79 Å². The molecule has 5 nitrogen and oxygen atoms in total. The Morgan fingerprint density at radius 3 is 2.68 bits per heavy atom. The van der Waals surface area contributed by atoms with E-state index in [1.807, 2.05) is 30.5 Å². The summed E-state index contributed by atoms with van der Waals surface area (Å²) in [5, 5.41) is 9.75. The quantitative estimate of drug-likeness (QED) is 0.750. The maximum Gasteiger partial charge on any atom is 0.307 e. The summed E-state index contributed by atoms with van der Waals surface area (Å²) in [5.41, 5.74) is 2.53. The Hall–Kier alpha value is -2.69. The molecule has 0 spiro atoms. The van der Waals surface area contributed by atoms with Gasteiger partial charge in [0.05, 0.1) is 6.42 Å². The topological polar surface area (TPSA) is 78.9 Å². The van der Waals surface area contributed by atoms with E-state index in [1.165, 1.54) is 0 Å². The molecule has 2 N–H and O–H groups in total. The van der Waals surface area contributed by atoms with Crippen molar-refractivity contribution in [1.29, 1.82) is 0 Å². The Balaban J connectivity index is 2.00. The zero-order valence-electron chi connectivity index (χ0n) is 10.00. The minimum Gasteiger partial charge on any atom is -0.481 e. The van der Waals surface area contributed by atoms with Gasteiger partial charge in [0.15, 0.2) is 5.82 Å². The molecular formula is C14H11N3O2. The minimum absolute atomic E-state index is 0.0613. The molecule has 3 aromatic rings. The average Bonchev–Trinajstić information content (AvgIpc) is 2.83. The van der Waals surface area contributed by atoms with Gasteiger partial charge >= 0.3 is 5.97 Å². The number of aliphatic carboxylic acids is 1. The van der Waals surface area contributed by atoms with Crippen molar-refractivity contribution in [3.8, 4) is 11.4 Å². The molecule has 2 heterocycles. The molecule has 0 saturated carbocycles. The fourth-order valence-electron chi connectivity index (χ4n) is 2.02. The molecular weight excluding hydrogens is 242 g/mol. The van der Waals surface area contributed by atoms with Crippen molar-refractivity contribution in [3.05, 3.63) is 48.4 Å². The molecule has 0 fully saturated rings. The van der Waals surface area contributed by atoms with Gasteiger partial charge in [0.25, 0.3) is 0 Å². The fraction of sp³-hybridized carbons (Fsp3) is 0.0714. The van der Waals surface area contributed by atoms with Gasteiger partial charge in [-0.25, -0.2) is 9.97 Å². The summed E-state index contributed by atoms with van der Waals surface area (Å²) in [5.74, 6) is -0.296. The van der Waals surface area contributed by atoms with E-state index in [1.54, 1.807) is 12.4 Å². The lowest BCUT2D eigenvalue weighted by molar-refractivity contribution is -0.136. The first-order valence-corrected chi connectivity index (χ1v) is 5.83. The molecule has 0 saturated heterocycles. The van der Waals surface area contributed by atoms with Gasteiger partial charge in [-0.2, -0.15) is 0 Å². The van der Waals surface area contributed by atoms with Crippen LogP contribution >= 0.6 is 0 Å². The zero-order valence-corrected chi connectivity index (χ0v) is 10.00. The molecule has 0 aliphatic rings. The highest BCUT2D eigenvalue weighted by Crippen LogP contribution is 2.25. The molecule has 0 bridgehead atoms. The highest BCUT2D eigenvalue weighted by Gasteiger charge is 2.08. The van der Waals surface area contributed by atoms with Crippen LogP contribution in [0.2, 0.25) is 0 Å². The Kier molecular flexibility index (Phi) is 2.72.